The Labute approximate surface area is 123 Å². The van der Waals surface area contributed by atoms with Gasteiger partial charge in [-0.3, -0.25) is 9.78 Å². The number of ether oxygens (including phenoxy) is 1. The molecule has 0 saturated carbocycles. The average Bonchev–Trinajstić information content (AvgIpc) is 2.52. The summed E-state index contributed by atoms with van der Waals surface area (Å²) in [6, 6.07) is 0. The van der Waals surface area contributed by atoms with Crippen LogP contribution in [-0.2, 0) is 17.7 Å². The highest BCUT2D eigenvalue weighted by atomic mass is 16.5. The van der Waals surface area contributed by atoms with E-state index in [9.17, 15) is 9.59 Å². The van der Waals surface area contributed by atoms with E-state index < -0.39 is 0 Å². The predicted octanol–water partition coefficient (Wildman–Crippen LogP) is 0.270. The number of carbonyl (C=O) groups is 2. The molecule has 1 N–H and O–H groups in total. The molecule has 0 radical (unpaired) electrons. The molecule has 0 saturated heterocycles. The van der Waals surface area contributed by atoms with Crippen LogP contribution >= 0.6 is 0 Å². The fourth-order valence-corrected chi connectivity index (χ4v) is 2.42. The summed E-state index contributed by atoms with van der Waals surface area (Å²) in [4.78, 5) is 31.1. The number of hydrogen-bond donors (Lipinski definition) is 1. The minimum Gasteiger partial charge on any atom is -0.453 e. The van der Waals surface area contributed by atoms with Crippen molar-refractivity contribution < 1.29 is 19.4 Å². The Balaban J connectivity index is 2.25. The highest BCUT2D eigenvalue weighted by molar-refractivity contribution is 5.95. The van der Waals surface area contributed by atoms with Crippen LogP contribution in [0.3, 0.4) is 0 Å². The molecule has 0 bridgehead atoms. The third kappa shape index (κ3) is 3.13. The normalized spacial score (nSPS) is 13.6. The number of fused-ring (bicyclic) bond motifs is 1. The lowest BCUT2D eigenvalue weighted by Gasteiger charge is -2.29. The van der Waals surface area contributed by atoms with E-state index in [1.807, 2.05) is 0 Å². The van der Waals surface area contributed by atoms with E-state index in [2.05, 4.69) is 4.98 Å². The van der Waals surface area contributed by atoms with Crippen molar-refractivity contribution >= 4 is 12.0 Å². The number of aliphatic hydroxyl groups excluding tert-OH is 1. The van der Waals surface area contributed by atoms with Crippen LogP contribution in [0.25, 0.3) is 0 Å². The number of aliphatic hydroxyl groups is 1. The summed E-state index contributed by atoms with van der Waals surface area (Å²) in [5.74, 6) is -0.167. The molecule has 2 rings (SSSR count). The molecule has 7 heteroatoms. The molecule has 0 fully saturated rings. The van der Waals surface area contributed by atoms with Gasteiger partial charge in [0.1, 0.15) is 0 Å². The van der Waals surface area contributed by atoms with Gasteiger partial charge in [0.05, 0.1) is 25.8 Å². The number of hydrogen-bond acceptors (Lipinski definition) is 5. The quantitative estimate of drug-likeness (QED) is 0.865. The Morgan fingerprint density at radius 1 is 1.48 bits per heavy atom. The van der Waals surface area contributed by atoms with Crippen LogP contribution in [0.1, 0.15) is 21.5 Å². The van der Waals surface area contributed by atoms with Gasteiger partial charge in [-0.1, -0.05) is 0 Å². The molecule has 7 nitrogen and oxygen atoms in total. The fraction of sp³-hybridized carbons (Fsp3) is 0.500. The van der Waals surface area contributed by atoms with Crippen molar-refractivity contribution in [2.24, 2.45) is 0 Å². The van der Waals surface area contributed by atoms with Gasteiger partial charge >= 0.3 is 6.09 Å². The summed E-state index contributed by atoms with van der Waals surface area (Å²) in [6.45, 7) is 1.09. The highest BCUT2D eigenvalue weighted by Gasteiger charge is 2.26. The maximum atomic E-state index is 12.3. The molecule has 21 heavy (non-hydrogen) atoms. The predicted molar refractivity (Wildman–Crippen MR) is 74.8 cm³/mol. The topological polar surface area (TPSA) is 83.0 Å². The number of aromatic nitrogens is 1. The van der Waals surface area contributed by atoms with Gasteiger partial charge in [-0.25, -0.2) is 4.79 Å². The van der Waals surface area contributed by atoms with E-state index >= 15 is 0 Å². The van der Waals surface area contributed by atoms with Gasteiger partial charge in [-0.2, -0.15) is 0 Å². The Bertz CT molecular complexity index is 547. The second kappa shape index (κ2) is 6.53. The number of carbonyl (C=O) groups excluding carboxylic acids is 2. The Morgan fingerprint density at radius 3 is 2.90 bits per heavy atom. The van der Waals surface area contributed by atoms with Crippen LogP contribution in [0.4, 0.5) is 4.79 Å². The van der Waals surface area contributed by atoms with Crippen molar-refractivity contribution in [2.45, 2.75) is 13.0 Å². The van der Waals surface area contributed by atoms with Crippen molar-refractivity contribution in [3.8, 4) is 0 Å². The van der Waals surface area contributed by atoms with Gasteiger partial charge in [-0.05, 0) is 17.5 Å². The van der Waals surface area contributed by atoms with Crippen molar-refractivity contribution in [3.05, 3.63) is 29.1 Å². The molecule has 1 aliphatic heterocycles. The van der Waals surface area contributed by atoms with Crippen molar-refractivity contribution in [3.63, 3.8) is 0 Å². The zero-order chi connectivity index (χ0) is 15.4. The standard InChI is InChI=1S/C14H19N3O4/c1-16(5-6-18)13(19)12-8-15-7-10-9-17(14(20)21-2)4-3-11(10)12/h7-8,18H,3-6,9H2,1-2H3. The molecule has 0 atom stereocenters. The van der Waals surface area contributed by atoms with Gasteiger partial charge < -0.3 is 19.6 Å². The molecule has 1 aromatic heterocycles. The van der Waals surface area contributed by atoms with E-state index in [0.717, 1.165) is 11.1 Å². The Hall–Kier alpha value is -2.15. The van der Waals surface area contributed by atoms with Crippen LogP contribution in [0.15, 0.2) is 12.4 Å². The number of pyridine rings is 1. The first-order valence-corrected chi connectivity index (χ1v) is 6.73. The lowest BCUT2D eigenvalue weighted by atomic mass is 9.96. The summed E-state index contributed by atoms with van der Waals surface area (Å²) in [6.07, 6.45) is 3.42. The number of likely N-dealkylation sites (N-methyl/N-ethyl adjacent to an activating group) is 1. The number of nitrogens with zero attached hydrogens (tertiary/aromatic N) is 3. The Morgan fingerprint density at radius 2 is 2.24 bits per heavy atom. The molecule has 0 aromatic carbocycles. The summed E-state index contributed by atoms with van der Waals surface area (Å²) >= 11 is 0. The molecule has 1 aliphatic rings. The molecule has 2 amide bonds. The monoisotopic (exact) mass is 293 g/mol. The molecular weight excluding hydrogens is 274 g/mol. The van der Waals surface area contributed by atoms with Crippen molar-refractivity contribution in [2.75, 3.05) is 33.9 Å². The van der Waals surface area contributed by atoms with E-state index in [1.165, 1.54) is 12.0 Å². The van der Waals surface area contributed by atoms with Gasteiger partial charge in [0.15, 0.2) is 0 Å². The second-order valence-corrected chi connectivity index (χ2v) is 4.92. The zero-order valence-corrected chi connectivity index (χ0v) is 12.2. The Kier molecular flexibility index (Phi) is 4.74. The van der Waals surface area contributed by atoms with Crippen molar-refractivity contribution in [1.82, 2.24) is 14.8 Å². The minimum absolute atomic E-state index is 0.0825. The zero-order valence-electron chi connectivity index (χ0n) is 12.2. The second-order valence-electron chi connectivity index (χ2n) is 4.92. The summed E-state index contributed by atoms with van der Waals surface area (Å²) in [5, 5.41) is 8.93. The third-order valence-electron chi connectivity index (χ3n) is 3.59. The molecule has 0 unspecified atom stereocenters. The summed E-state index contributed by atoms with van der Waals surface area (Å²) in [7, 11) is 2.99. The van der Waals surface area contributed by atoms with Gasteiger partial charge in [-0.15, -0.1) is 0 Å². The number of rotatable bonds is 3. The maximum absolute atomic E-state index is 12.3. The molecule has 2 heterocycles. The van der Waals surface area contributed by atoms with Crippen LogP contribution in [0.5, 0.6) is 0 Å². The number of amides is 2. The first-order valence-electron chi connectivity index (χ1n) is 6.73. The number of methoxy groups -OCH3 is 1. The minimum atomic E-state index is -0.380. The molecule has 0 aliphatic carbocycles. The first-order chi connectivity index (χ1) is 10.1. The van der Waals surface area contributed by atoms with Crippen LogP contribution in [0, 0.1) is 0 Å². The highest BCUT2D eigenvalue weighted by Crippen LogP contribution is 2.22. The van der Waals surface area contributed by atoms with Gasteiger partial charge in [0.25, 0.3) is 5.91 Å². The molecule has 1 aromatic rings. The van der Waals surface area contributed by atoms with E-state index in [-0.39, 0.29) is 25.2 Å². The smallest absolute Gasteiger partial charge is 0.409 e. The fourth-order valence-electron chi connectivity index (χ4n) is 2.42. The lowest BCUT2D eigenvalue weighted by Crippen LogP contribution is -2.37. The SMILES string of the molecule is COC(=O)N1CCc2c(cncc2C(=O)N(C)CCO)C1. The molecule has 114 valence electrons. The van der Waals surface area contributed by atoms with Crippen LogP contribution < -0.4 is 0 Å². The van der Waals surface area contributed by atoms with Crippen molar-refractivity contribution in [1.29, 1.82) is 0 Å². The first kappa shape index (κ1) is 15.2. The average molecular weight is 293 g/mol. The largest absolute Gasteiger partial charge is 0.453 e. The molecule has 0 spiro atoms. The lowest BCUT2D eigenvalue weighted by molar-refractivity contribution is 0.0764. The van der Waals surface area contributed by atoms with E-state index in [1.54, 1.807) is 24.3 Å². The van der Waals surface area contributed by atoms with Crippen LogP contribution in [-0.4, -0.2) is 65.7 Å². The summed E-state index contributed by atoms with van der Waals surface area (Å²) < 4.78 is 4.72. The van der Waals surface area contributed by atoms with E-state index in [4.69, 9.17) is 9.84 Å². The van der Waals surface area contributed by atoms with E-state index in [0.29, 0.717) is 25.1 Å². The maximum Gasteiger partial charge on any atom is 0.409 e. The summed E-state index contributed by atoms with van der Waals surface area (Å²) in [5.41, 5.74) is 2.31. The van der Waals surface area contributed by atoms with Crippen LogP contribution in [0.2, 0.25) is 0 Å². The third-order valence-corrected chi connectivity index (χ3v) is 3.59. The van der Waals surface area contributed by atoms with Gasteiger partial charge in [0.2, 0.25) is 0 Å². The van der Waals surface area contributed by atoms with Gasteiger partial charge in [0, 0.05) is 32.5 Å². The molecular formula is C14H19N3O4.